The summed E-state index contributed by atoms with van der Waals surface area (Å²) in [6, 6.07) is 11.9. The summed E-state index contributed by atoms with van der Waals surface area (Å²) < 4.78 is 0. The van der Waals surface area contributed by atoms with E-state index in [0.29, 0.717) is 5.75 Å². The van der Waals surface area contributed by atoms with E-state index in [1.165, 1.54) is 10.9 Å². The van der Waals surface area contributed by atoms with Crippen molar-refractivity contribution in [3.63, 3.8) is 0 Å². The third-order valence-corrected chi connectivity index (χ3v) is 3.04. The topological polar surface area (TPSA) is 23.5 Å². The first-order valence-corrected chi connectivity index (χ1v) is 6.03. The summed E-state index contributed by atoms with van der Waals surface area (Å²) in [6.07, 6.45) is 2.20. The van der Waals surface area contributed by atoms with Crippen LogP contribution in [-0.2, 0) is 6.42 Å². The number of hydrogen-bond acceptors (Lipinski definition) is 2. The van der Waals surface area contributed by atoms with Crippen molar-refractivity contribution in [1.29, 1.82) is 0 Å². The Balaban J connectivity index is 2.26. The third-order valence-electron chi connectivity index (χ3n) is 3.04. The van der Waals surface area contributed by atoms with Crippen LogP contribution in [0.2, 0.25) is 0 Å². The molecule has 2 heteroatoms. The van der Waals surface area contributed by atoms with Gasteiger partial charge in [0.05, 0.1) is 0 Å². The van der Waals surface area contributed by atoms with Gasteiger partial charge in [-0.25, -0.2) is 0 Å². The van der Waals surface area contributed by atoms with Gasteiger partial charge < -0.3 is 10.0 Å². The second-order valence-corrected chi connectivity index (χ2v) is 4.70. The molecule has 2 aromatic carbocycles. The van der Waals surface area contributed by atoms with Crippen LogP contribution in [0.3, 0.4) is 0 Å². The highest BCUT2D eigenvalue weighted by Crippen LogP contribution is 2.27. The molecule has 0 saturated heterocycles. The van der Waals surface area contributed by atoms with Crippen LogP contribution >= 0.6 is 0 Å². The molecule has 2 nitrogen and oxygen atoms in total. The van der Waals surface area contributed by atoms with Gasteiger partial charge in [0.2, 0.25) is 0 Å². The fourth-order valence-corrected chi connectivity index (χ4v) is 2.15. The Morgan fingerprint density at radius 3 is 2.41 bits per heavy atom. The van der Waals surface area contributed by atoms with E-state index >= 15 is 0 Å². The highest BCUT2D eigenvalue weighted by Gasteiger charge is 2.04. The minimum Gasteiger partial charge on any atom is -0.507 e. The van der Waals surface area contributed by atoms with Crippen molar-refractivity contribution in [3.8, 4) is 5.75 Å². The van der Waals surface area contributed by atoms with Crippen molar-refractivity contribution in [3.05, 3.63) is 42.0 Å². The van der Waals surface area contributed by atoms with E-state index in [2.05, 4.69) is 25.1 Å². The number of aromatic hydroxyl groups is 1. The minimum absolute atomic E-state index is 0.372. The predicted molar refractivity (Wildman–Crippen MR) is 72.5 cm³/mol. The molecule has 0 amide bonds. The van der Waals surface area contributed by atoms with E-state index in [9.17, 15) is 5.11 Å². The maximum Gasteiger partial charge on any atom is 0.123 e. The lowest BCUT2D eigenvalue weighted by Gasteiger charge is -2.11. The van der Waals surface area contributed by atoms with E-state index in [-0.39, 0.29) is 0 Å². The van der Waals surface area contributed by atoms with Crippen LogP contribution in [-0.4, -0.2) is 30.6 Å². The number of nitrogens with zero attached hydrogens (tertiary/aromatic N) is 1. The molecule has 2 rings (SSSR count). The Kier molecular flexibility index (Phi) is 3.64. The number of aryl methyl sites for hydroxylation is 1. The molecule has 0 aliphatic carbocycles. The largest absolute Gasteiger partial charge is 0.507 e. The van der Waals surface area contributed by atoms with Gasteiger partial charge in [-0.15, -0.1) is 0 Å². The zero-order chi connectivity index (χ0) is 12.3. The molecule has 0 fully saturated rings. The van der Waals surface area contributed by atoms with Gasteiger partial charge in [-0.05, 0) is 50.5 Å². The molecule has 0 saturated carbocycles. The molecule has 90 valence electrons. The molecule has 1 N–H and O–H groups in total. The Labute approximate surface area is 102 Å². The monoisotopic (exact) mass is 229 g/mol. The SMILES string of the molecule is CN(C)CCCc1ccc(O)c2ccccc12. The summed E-state index contributed by atoms with van der Waals surface area (Å²) in [5, 5.41) is 11.9. The van der Waals surface area contributed by atoms with Crippen LogP contribution in [0.1, 0.15) is 12.0 Å². The van der Waals surface area contributed by atoms with Crippen LogP contribution in [0.5, 0.6) is 5.75 Å². The average Bonchev–Trinajstić information content (AvgIpc) is 2.32. The summed E-state index contributed by atoms with van der Waals surface area (Å²) >= 11 is 0. The molecule has 0 radical (unpaired) electrons. The minimum atomic E-state index is 0.372. The van der Waals surface area contributed by atoms with Gasteiger partial charge in [0, 0.05) is 5.39 Å². The lowest BCUT2D eigenvalue weighted by molar-refractivity contribution is 0.400. The van der Waals surface area contributed by atoms with Gasteiger partial charge in [0.15, 0.2) is 0 Å². The highest BCUT2D eigenvalue weighted by molar-refractivity contribution is 5.90. The second kappa shape index (κ2) is 5.19. The van der Waals surface area contributed by atoms with E-state index < -0.39 is 0 Å². The van der Waals surface area contributed by atoms with Crippen molar-refractivity contribution >= 4 is 10.8 Å². The van der Waals surface area contributed by atoms with E-state index in [1.807, 2.05) is 24.3 Å². The first kappa shape index (κ1) is 11.9. The quantitative estimate of drug-likeness (QED) is 0.871. The number of phenols is 1. The first-order valence-electron chi connectivity index (χ1n) is 6.03. The molecule has 0 bridgehead atoms. The van der Waals surface area contributed by atoms with Gasteiger partial charge in [-0.2, -0.15) is 0 Å². The Hall–Kier alpha value is -1.54. The molecule has 0 heterocycles. The van der Waals surface area contributed by atoms with Crippen LogP contribution in [0.25, 0.3) is 10.8 Å². The standard InChI is InChI=1S/C15H19NO/c1-16(2)11-5-6-12-9-10-15(17)14-8-4-3-7-13(12)14/h3-4,7-10,17H,5-6,11H2,1-2H3. The van der Waals surface area contributed by atoms with Crippen LogP contribution in [0.4, 0.5) is 0 Å². The van der Waals surface area contributed by atoms with Gasteiger partial charge in [-0.1, -0.05) is 30.3 Å². The molecular weight excluding hydrogens is 210 g/mol. The van der Waals surface area contributed by atoms with Gasteiger partial charge >= 0.3 is 0 Å². The van der Waals surface area contributed by atoms with Crippen LogP contribution in [0.15, 0.2) is 36.4 Å². The van der Waals surface area contributed by atoms with Crippen molar-refractivity contribution in [2.45, 2.75) is 12.8 Å². The van der Waals surface area contributed by atoms with Gasteiger partial charge in [0.1, 0.15) is 5.75 Å². The maximum absolute atomic E-state index is 9.80. The number of rotatable bonds is 4. The van der Waals surface area contributed by atoms with Crippen LogP contribution < -0.4 is 0 Å². The molecule has 0 spiro atoms. The maximum atomic E-state index is 9.80. The van der Waals surface area contributed by atoms with Crippen molar-refractivity contribution in [2.24, 2.45) is 0 Å². The van der Waals surface area contributed by atoms with E-state index in [4.69, 9.17) is 0 Å². The van der Waals surface area contributed by atoms with E-state index in [0.717, 1.165) is 24.8 Å². The summed E-state index contributed by atoms with van der Waals surface area (Å²) in [4.78, 5) is 2.20. The molecule has 2 aromatic rings. The summed E-state index contributed by atoms with van der Waals surface area (Å²) in [5.74, 6) is 0.372. The predicted octanol–water partition coefficient (Wildman–Crippen LogP) is 3.04. The normalized spacial score (nSPS) is 11.2. The molecular formula is C15H19NO. The summed E-state index contributed by atoms with van der Waals surface area (Å²) in [6.45, 7) is 1.09. The van der Waals surface area contributed by atoms with E-state index in [1.54, 1.807) is 6.07 Å². The first-order chi connectivity index (χ1) is 8.18. The number of hydrogen-bond donors (Lipinski definition) is 1. The average molecular weight is 229 g/mol. The zero-order valence-electron chi connectivity index (χ0n) is 10.5. The number of fused-ring (bicyclic) bond motifs is 1. The Morgan fingerprint density at radius 1 is 1.00 bits per heavy atom. The Bertz CT molecular complexity index is 505. The molecule has 0 atom stereocenters. The molecule has 0 aliphatic rings. The Morgan fingerprint density at radius 2 is 1.71 bits per heavy atom. The third kappa shape index (κ3) is 2.77. The number of phenolic OH excluding ortho intramolecular Hbond substituents is 1. The lowest BCUT2D eigenvalue weighted by Crippen LogP contribution is -2.13. The zero-order valence-corrected chi connectivity index (χ0v) is 10.5. The molecule has 17 heavy (non-hydrogen) atoms. The smallest absolute Gasteiger partial charge is 0.123 e. The van der Waals surface area contributed by atoms with Crippen molar-refractivity contribution < 1.29 is 5.11 Å². The lowest BCUT2D eigenvalue weighted by atomic mass is 10.00. The fourth-order valence-electron chi connectivity index (χ4n) is 2.15. The second-order valence-electron chi connectivity index (χ2n) is 4.70. The van der Waals surface area contributed by atoms with Crippen LogP contribution in [0, 0.1) is 0 Å². The molecule has 0 aliphatic heterocycles. The van der Waals surface area contributed by atoms with Gasteiger partial charge in [0.25, 0.3) is 0 Å². The van der Waals surface area contributed by atoms with Crippen molar-refractivity contribution in [2.75, 3.05) is 20.6 Å². The highest BCUT2D eigenvalue weighted by atomic mass is 16.3. The summed E-state index contributed by atoms with van der Waals surface area (Å²) in [7, 11) is 4.18. The summed E-state index contributed by atoms with van der Waals surface area (Å²) in [5.41, 5.74) is 1.32. The fraction of sp³-hybridized carbons (Fsp3) is 0.333. The molecule has 0 unspecified atom stereocenters. The van der Waals surface area contributed by atoms with Gasteiger partial charge in [-0.3, -0.25) is 0 Å². The van der Waals surface area contributed by atoms with Crippen molar-refractivity contribution in [1.82, 2.24) is 4.90 Å². The number of benzene rings is 2. The molecule has 0 aromatic heterocycles.